The highest BCUT2D eigenvalue weighted by Gasteiger charge is 2.57. The average Bonchev–Trinajstić information content (AvgIpc) is 2.46. The van der Waals surface area contributed by atoms with Crippen molar-refractivity contribution in [2.24, 2.45) is 28.1 Å². The Kier molecular flexibility index (Phi) is 3.87. The van der Waals surface area contributed by atoms with Gasteiger partial charge in [0.1, 0.15) is 0 Å². The van der Waals surface area contributed by atoms with Gasteiger partial charge >= 0.3 is 0 Å². The SMILES string of the molecule is C=C[C@@]1(C)CC=C2C(CCC3[C@](C)(C(=O)Cl)CCC[C@@]23C)C1. The zero-order valence-corrected chi connectivity index (χ0v) is 15.0. The fourth-order valence-corrected chi connectivity index (χ4v) is 6.08. The third-order valence-corrected chi connectivity index (χ3v) is 7.71. The Morgan fingerprint density at radius 1 is 1.32 bits per heavy atom. The average molecular weight is 321 g/mol. The van der Waals surface area contributed by atoms with Crippen LogP contribution in [0.5, 0.6) is 0 Å². The van der Waals surface area contributed by atoms with Crippen LogP contribution >= 0.6 is 11.6 Å². The molecule has 122 valence electrons. The Morgan fingerprint density at radius 2 is 2.05 bits per heavy atom. The first-order chi connectivity index (χ1) is 10.3. The molecule has 0 amide bonds. The Hall–Kier alpha value is -0.560. The Labute approximate surface area is 140 Å². The minimum atomic E-state index is -0.334. The summed E-state index contributed by atoms with van der Waals surface area (Å²) in [6.45, 7) is 10.9. The highest BCUT2D eigenvalue weighted by Crippen LogP contribution is 2.64. The number of halogens is 1. The molecule has 2 unspecified atom stereocenters. The summed E-state index contributed by atoms with van der Waals surface area (Å²) in [7, 11) is 0. The fourth-order valence-electron chi connectivity index (χ4n) is 5.85. The molecule has 22 heavy (non-hydrogen) atoms. The molecule has 0 aromatic carbocycles. The zero-order chi connectivity index (χ0) is 16.2. The van der Waals surface area contributed by atoms with Crippen molar-refractivity contribution in [3.63, 3.8) is 0 Å². The minimum Gasteiger partial charge on any atom is -0.281 e. The summed E-state index contributed by atoms with van der Waals surface area (Å²) >= 11 is 6.05. The molecule has 0 aromatic heterocycles. The summed E-state index contributed by atoms with van der Waals surface area (Å²) in [5.74, 6) is 1.08. The topological polar surface area (TPSA) is 17.1 Å². The maximum atomic E-state index is 12.2. The van der Waals surface area contributed by atoms with E-state index in [2.05, 4.69) is 39.5 Å². The van der Waals surface area contributed by atoms with Crippen LogP contribution in [0.3, 0.4) is 0 Å². The van der Waals surface area contributed by atoms with Crippen LogP contribution in [0, 0.1) is 28.1 Å². The summed E-state index contributed by atoms with van der Waals surface area (Å²) < 4.78 is 0. The monoisotopic (exact) mass is 320 g/mol. The van der Waals surface area contributed by atoms with Gasteiger partial charge in [0.25, 0.3) is 0 Å². The normalized spacial score (nSPS) is 47.9. The van der Waals surface area contributed by atoms with E-state index in [9.17, 15) is 4.79 Å². The lowest BCUT2D eigenvalue weighted by atomic mass is 9.46. The lowest BCUT2D eigenvalue weighted by molar-refractivity contribution is -0.131. The van der Waals surface area contributed by atoms with E-state index in [-0.39, 0.29) is 21.5 Å². The van der Waals surface area contributed by atoms with Gasteiger partial charge in [0.05, 0.1) is 0 Å². The Morgan fingerprint density at radius 3 is 2.68 bits per heavy atom. The predicted molar refractivity (Wildman–Crippen MR) is 92.8 cm³/mol. The fraction of sp³-hybridized carbons (Fsp3) is 0.750. The van der Waals surface area contributed by atoms with Gasteiger partial charge in [-0.1, -0.05) is 44.9 Å². The quantitative estimate of drug-likeness (QED) is 0.458. The molecule has 0 N–H and O–H groups in total. The van der Waals surface area contributed by atoms with Gasteiger partial charge in [-0.3, -0.25) is 4.79 Å². The first-order valence-electron chi connectivity index (χ1n) is 8.79. The molecule has 0 spiro atoms. The number of rotatable bonds is 2. The molecule has 3 rings (SSSR count). The van der Waals surface area contributed by atoms with E-state index in [4.69, 9.17) is 11.6 Å². The standard InChI is InChI=1S/C20H29ClO/c1-5-18(2)12-9-15-14(13-18)7-8-16-19(15,3)10-6-11-20(16,4)17(21)22/h5,9,14,16H,1,6-8,10-13H2,2-4H3/t14?,16?,18-,19-,20+/m0/s1. The largest absolute Gasteiger partial charge is 0.281 e. The van der Waals surface area contributed by atoms with E-state index < -0.39 is 0 Å². The summed E-state index contributed by atoms with van der Waals surface area (Å²) in [6.07, 6.45) is 12.6. The molecular weight excluding hydrogens is 292 g/mol. The second-order valence-corrected chi connectivity index (χ2v) is 9.06. The van der Waals surface area contributed by atoms with E-state index >= 15 is 0 Å². The molecule has 0 radical (unpaired) electrons. The van der Waals surface area contributed by atoms with Crippen LogP contribution in [-0.4, -0.2) is 5.24 Å². The Balaban J connectivity index is 1.99. The molecular formula is C20H29ClO. The molecule has 0 aliphatic heterocycles. The second kappa shape index (κ2) is 5.23. The van der Waals surface area contributed by atoms with Gasteiger partial charge in [-0.25, -0.2) is 0 Å². The van der Waals surface area contributed by atoms with Crippen molar-refractivity contribution in [3.05, 3.63) is 24.3 Å². The lowest BCUT2D eigenvalue weighted by Crippen LogP contribution is -2.52. The molecule has 2 heteroatoms. The van der Waals surface area contributed by atoms with Gasteiger partial charge in [-0.05, 0) is 72.8 Å². The van der Waals surface area contributed by atoms with Gasteiger partial charge < -0.3 is 0 Å². The van der Waals surface area contributed by atoms with Gasteiger partial charge in [0.15, 0.2) is 0 Å². The second-order valence-electron chi connectivity index (χ2n) is 8.71. The van der Waals surface area contributed by atoms with E-state index in [1.165, 1.54) is 19.3 Å². The highest BCUT2D eigenvalue weighted by molar-refractivity contribution is 6.64. The predicted octanol–water partition coefficient (Wildman–Crippen LogP) is 5.89. The molecule has 3 aliphatic carbocycles. The first kappa shape index (κ1) is 16.3. The maximum Gasteiger partial charge on any atom is 0.227 e. The van der Waals surface area contributed by atoms with Crippen molar-refractivity contribution >= 4 is 16.8 Å². The molecule has 0 aromatic rings. The van der Waals surface area contributed by atoms with Crippen molar-refractivity contribution in [1.82, 2.24) is 0 Å². The number of hydrogen-bond donors (Lipinski definition) is 0. The van der Waals surface area contributed by atoms with Crippen molar-refractivity contribution in [2.45, 2.75) is 65.7 Å². The summed E-state index contributed by atoms with van der Waals surface area (Å²) in [5, 5.41) is -0.116. The third kappa shape index (κ3) is 2.23. The van der Waals surface area contributed by atoms with E-state index in [1.807, 2.05) is 0 Å². The first-order valence-corrected chi connectivity index (χ1v) is 9.17. The molecule has 1 nitrogen and oxygen atoms in total. The van der Waals surface area contributed by atoms with Crippen molar-refractivity contribution in [2.75, 3.05) is 0 Å². The van der Waals surface area contributed by atoms with Crippen molar-refractivity contribution in [1.29, 1.82) is 0 Å². The minimum absolute atomic E-state index is 0.116. The smallest absolute Gasteiger partial charge is 0.227 e. The maximum absolute atomic E-state index is 12.2. The Bertz CT molecular complexity index is 536. The van der Waals surface area contributed by atoms with E-state index in [0.29, 0.717) is 11.8 Å². The number of fused-ring (bicyclic) bond motifs is 3. The molecule has 0 bridgehead atoms. The summed E-state index contributed by atoms with van der Waals surface area (Å²) in [5.41, 5.74) is 1.71. The van der Waals surface area contributed by atoms with Crippen LogP contribution in [0.15, 0.2) is 24.3 Å². The zero-order valence-electron chi connectivity index (χ0n) is 14.3. The van der Waals surface area contributed by atoms with Crippen LogP contribution in [0.25, 0.3) is 0 Å². The number of hydrogen-bond acceptors (Lipinski definition) is 1. The van der Waals surface area contributed by atoms with E-state index in [1.54, 1.807) is 5.57 Å². The summed E-state index contributed by atoms with van der Waals surface area (Å²) in [6, 6.07) is 0. The molecule has 0 heterocycles. The number of carbonyl (C=O) groups excluding carboxylic acids is 1. The molecule has 2 saturated carbocycles. The van der Waals surface area contributed by atoms with Crippen LogP contribution in [0.2, 0.25) is 0 Å². The van der Waals surface area contributed by atoms with Crippen LogP contribution in [0.4, 0.5) is 0 Å². The number of allylic oxidation sites excluding steroid dienone is 3. The van der Waals surface area contributed by atoms with Gasteiger partial charge in [-0.2, -0.15) is 0 Å². The van der Waals surface area contributed by atoms with Gasteiger partial charge in [0.2, 0.25) is 5.24 Å². The van der Waals surface area contributed by atoms with Crippen LogP contribution in [-0.2, 0) is 4.79 Å². The van der Waals surface area contributed by atoms with E-state index in [0.717, 1.165) is 25.7 Å². The molecule has 0 saturated heterocycles. The molecule has 2 fully saturated rings. The van der Waals surface area contributed by atoms with Crippen LogP contribution in [0.1, 0.15) is 65.7 Å². The van der Waals surface area contributed by atoms with Crippen LogP contribution < -0.4 is 0 Å². The third-order valence-electron chi connectivity index (χ3n) is 7.28. The molecule has 5 atom stereocenters. The van der Waals surface area contributed by atoms with Crippen molar-refractivity contribution in [3.8, 4) is 0 Å². The highest BCUT2D eigenvalue weighted by atomic mass is 35.5. The lowest BCUT2D eigenvalue weighted by Gasteiger charge is -2.58. The van der Waals surface area contributed by atoms with Gasteiger partial charge in [0, 0.05) is 5.41 Å². The van der Waals surface area contributed by atoms with Gasteiger partial charge in [-0.15, -0.1) is 6.58 Å². The number of carbonyl (C=O) groups is 1. The summed E-state index contributed by atoms with van der Waals surface area (Å²) in [4.78, 5) is 12.2. The molecule has 3 aliphatic rings. The van der Waals surface area contributed by atoms with Crippen molar-refractivity contribution < 1.29 is 4.79 Å².